The summed E-state index contributed by atoms with van der Waals surface area (Å²) in [5.41, 5.74) is 0.407. The molecule has 0 atom stereocenters. The molecule has 1 aliphatic heterocycles. The number of halogens is 2. The molecule has 0 unspecified atom stereocenters. The average molecular weight is 363 g/mol. The summed E-state index contributed by atoms with van der Waals surface area (Å²) >= 11 is 12.8. The fraction of sp³-hybridized carbons (Fsp3) is 0.308. The van der Waals surface area contributed by atoms with E-state index in [0.717, 1.165) is 11.8 Å². The SMILES string of the molecule is O=C(COC(=O)CN1CCSC1=O)Nc1cc(Cl)cc(Cl)c1. The van der Waals surface area contributed by atoms with E-state index in [4.69, 9.17) is 27.9 Å². The van der Waals surface area contributed by atoms with Gasteiger partial charge in [-0.2, -0.15) is 0 Å². The number of rotatable bonds is 5. The maximum atomic E-state index is 11.7. The number of anilines is 1. The molecule has 0 aliphatic carbocycles. The zero-order chi connectivity index (χ0) is 16.1. The fourth-order valence-electron chi connectivity index (χ4n) is 1.74. The van der Waals surface area contributed by atoms with Crippen molar-refractivity contribution in [1.82, 2.24) is 4.90 Å². The van der Waals surface area contributed by atoms with E-state index in [-0.39, 0.29) is 11.8 Å². The maximum Gasteiger partial charge on any atom is 0.326 e. The third-order valence-corrected chi connectivity index (χ3v) is 4.00. The zero-order valence-corrected chi connectivity index (χ0v) is 13.6. The molecule has 0 radical (unpaired) electrons. The Morgan fingerprint density at radius 3 is 2.55 bits per heavy atom. The van der Waals surface area contributed by atoms with Gasteiger partial charge in [-0.3, -0.25) is 14.4 Å². The van der Waals surface area contributed by atoms with E-state index in [2.05, 4.69) is 5.32 Å². The first-order valence-electron chi connectivity index (χ1n) is 6.27. The monoisotopic (exact) mass is 362 g/mol. The minimum atomic E-state index is -0.630. The first-order valence-corrected chi connectivity index (χ1v) is 8.01. The average Bonchev–Trinajstić information content (AvgIpc) is 2.81. The summed E-state index contributed by atoms with van der Waals surface area (Å²) in [4.78, 5) is 36.0. The van der Waals surface area contributed by atoms with Gasteiger partial charge in [-0.15, -0.1) is 0 Å². The van der Waals surface area contributed by atoms with Crippen LogP contribution in [-0.2, 0) is 14.3 Å². The molecule has 1 heterocycles. The molecule has 1 fully saturated rings. The molecule has 2 rings (SSSR count). The molecule has 2 amide bonds. The van der Waals surface area contributed by atoms with Crippen LogP contribution in [0.5, 0.6) is 0 Å². The van der Waals surface area contributed by atoms with E-state index in [0.29, 0.717) is 28.0 Å². The summed E-state index contributed by atoms with van der Waals surface area (Å²) in [7, 11) is 0. The van der Waals surface area contributed by atoms with E-state index in [1.807, 2.05) is 0 Å². The zero-order valence-electron chi connectivity index (χ0n) is 11.3. The van der Waals surface area contributed by atoms with Crippen molar-refractivity contribution in [2.75, 3.05) is 30.8 Å². The fourth-order valence-corrected chi connectivity index (χ4v) is 3.09. The van der Waals surface area contributed by atoms with Crippen molar-refractivity contribution in [2.45, 2.75) is 0 Å². The van der Waals surface area contributed by atoms with Crippen molar-refractivity contribution in [3.63, 3.8) is 0 Å². The van der Waals surface area contributed by atoms with Crippen LogP contribution in [0.2, 0.25) is 10.0 Å². The molecule has 0 bridgehead atoms. The minimum Gasteiger partial charge on any atom is -0.454 e. The van der Waals surface area contributed by atoms with Gasteiger partial charge in [0.15, 0.2) is 6.61 Å². The van der Waals surface area contributed by atoms with Crippen molar-refractivity contribution in [1.29, 1.82) is 0 Å². The van der Waals surface area contributed by atoms with Crippen molar-refractivity contribution < 1.29 is 19.1 Å². The van der Waals surface area contributed by atoms with Gasteiger partial charge in [0.2, 0.25) is 0 Å². The molecule has 118 valence electrons. The van der Waals surface area contributed by atoms with Crippen LogP contribution in [0, 0.1) is 0 Å². The highest BCUT2D eigenvalue weighted by atomic mass is 35.5. The van der Waals surface area contributed by atoms with Gasteiger partial charge in [-0.25, -0.2) is 0 Å². The molecular weight excluding hydrogens is 351 g/mol. The molecular formula is C13H12Cl2N2O4S. The summed E-state index contributed by atoms with van der Waals surface area (Å²) < 4.78 is 4.83. The third kappa shape index (κ3) is 5.08. The summed E-state index contributed by atoms with van der Waals surface area (Å²) in [5.74, 6) is -0.494. The van der Waals surface area contributed by atoms with Gasteiger partial charge in [0.25, 0.3) is 11.1 Å². The second-order valence-corrected chi connectivity index (χ2v) is 6.32. The molecule has 1 aromatic rings. The number of hydrogen-bond donors (Lipinski definition) is 1. The Hall–Kier alpha value is -1.44. The maximum absolute atomic E-state index is 11.7. The Kier molecular flexibility index (Phi) is 5.93. The molecule has 1 N–H and O–H groups in total. The first-order chi connectivity index (χ1) is 10.4. The predicted molar refractivity (Wildman–Crippen MR) is 85.5 cm³/mol. The molecule has 6 nitrogen and oxygen atoms in total. The van der Waals surface area contributed by atoms with Crippen LogP contribution in [-0.4, -0.2) is 47.5 Å². The third-order valence-electron chi connectivity index (χ3n) is 2.68. The minimum absolute atomic E-state index is 0.151. The summed E-state index contributed by atoms with van der Waals surface area (Å²) in [6.45, 7) is -0.0912. The molecule has 22 heavy (non-hydrogen) atoms. The van der Waals surface area contributed by atoms with Crippen LogP contribution in [0.3, 0.4) is 0 Å². The van der Waals surface area contributed by atoms with Gasteiger partial charge in [0.05, 0.1) is 0 Å². The Bertz CT molecular complexity index is 591. The molecule has 0 saturated carbocycles. The van der Waals surface area contributed by atoms with E-state index in [1.54, 1.807) is 0 Å². The topological polar surface area (TPSA) is 75.7 Å². The van der Waals surface area contributed by atoms with Crippen molar-refractivity contribution in [3.05, 3.63) is 28.2 Å². The first kappa shape index (κ1) is 16.9. The molecule has 9 heteroatoms. The predicted octanol–water partition coefficient (Wildman–Crippen LogP) is 2.64. The highest BCUT2D eigenvalue weighted by molar-refractivity contribution is 8.13. The van der Waals surface area contributed by atoms with Crippen molar-refractivity contribution >= 4 is 57.8 Å². The van der Waals surface area contributed by atoms with Crippen molar-refractivity contribution in [3.8, 4) is 0 Å². The molecule has 0 aromatic heterocycles. The highest BCUT2D eigenvalue weighted by Crippen LogP contribution is 2.22. The molecule has 0 spiro atoms. The van der Waals surface area contributed by atoms with Gasteiger partial charge in [0, 0.05) is 28.0 Å². The Morgan fingerprint density at radius 1 is 1.27 bits per heavy atom. The van der Waals surface area contributed by atoms with E-state index in [1.165, 1.54) is 23.1 Å². The second kappa shape index (κ2) is 7.71. The molecule has 1 saturated heterocycles. The van der Waals surface area contributed by atoms with Crippen LogP contribution < -0.4 is 5.32 Å². The lowest BCUT2D eigenvalue weighted by Gasteiger charge is -2.13. The smallest absolute Gasteiger partial charge is 0.326 e. The van der Waals surface area contributed by atoms with Crippen molar-refractivity contribution in [2.24, 2.45) is 0 Å². The normalized spacial score (nSPS) is 14.1. The Labute approximate surface area is 141 Å². The van der Waals surface area contributed by atoms with Crippen LogP contribution in [0.4, 0.5) is 10.5 Å². The number of hydrogen-bond acceptors (Lipinski definition) is 5. The van der Waals surface area contributed by atoms with Crippen LogP contribution >= 0.6 is 35.0 Å². The van der Waals surface area contributed by atoms with Crippen LogP contribution in [0.1, 0.15) is 0 Å². The molecule has 1 aliphatic rings. The number of carbonyl (C=O) groups excluding carboxylic acids is 3. The van der Waals surface area contributed by atoms with Gasteiger partial charge in [0.1, 0.15) is 6.54 Å². The number of benzene rings is 1. The van der Waals surface area contributed by atoms with Crippen LogP contribution in [0.25, 0.3) is 0 Å². The number of thioether (sulfide) groups is 1. The largest absolute Gasteiger partial charge is 0.454 e. The number of nitrogens with zero attached hydrogens (tertiary/aromatic N) is 1. The molecule has 1 aromatic carbocycles. The number of nitrogens with one attached hydrogen (secondary N) is 1. The van der Waals surface area contributed by atoms with Gasteiger partial charge in [-0.05, 0) is 18.2 Å². The summed E-state index contributed by atoms with van der Waals surface area (Å²) in [6.07, 6.45) is 0. The van der Waals surface area contributed by atoms with E-state index in [9.17, 15) is 14.4 Å². The lowest BCUT2D eigenvalue weighted by Crippen LogP contribution is -2.32. The number of esters is 1. The Balaban J connectivity index is 1.77. The van der Waals surface area contributed by atoms with Gasteiger partial charge < -0.3 is 15.0 Å². The van der Waals surface area contributed by atoms with Gasteiger partial charge in [-0.1, -0.05) is 35.0 Å². The number of carbonyl (C=O) groups is 3. The number of ether oxygens (including phenoxy) is 1. The second-order valence-electron chi connectivity index (χ2n) is 4.40. The van der Waals surface area contributed by atoms with Gasteiger partial charge >= 0.3 is 5.97 Å². The Morgan fingerprint density at radius 2 is 1.95 bits per heavy atom. The lowest BCUT2D eigenvalue weighted by molar-refractivity contribution is -0.147. The lowest BCUT2D eigenvalue weighted by atomic mass is 10.3. The number of amides is 2. The summed E-state index contributed by atoms with van der Waals surface area (Å²) in [5, 5.41) is 3.11. The highest BCUT2D eigenvalue weighted by Gasteiger charge is 2.24. The van der Waals surface area contributed by atoms with E-state index < -0.39 is 18.5 Å². The van der Waals surface area contributed by atoms with E-state index >= 15 is 0 Å². The quantitative estimate of drug-likeness (QED) is 0.814. The standard InChI is InChI=1S/C13H12Cl2N2O4S/c14-8-3-9(15)5-10(4-8)16-11(18)7-21-12(19)6-17-1-2-22-13(17)20/h3-5H,1-2,6-7H2,(H,16,18). The van der Waals surface area contributed by atoms with Crippen LogP contribution in [0.15, 0.2) is 18.2 Å². The summed E-state index contributed by atoms with van der Waals surface area (Å²) in [6, 6.07) is 4.57.